The highest BCUT2D eigenvalue weighted by Gasteiger charge is 2.31. The van der Waals surface area contributed by atoms with Gasteiger partial charge in [0, 0.05) is 19.0 Å². The summed E-state index contributed by atoms with van der Waals surface area (Å²) in [6.07, 6.45) is 0.925. The zero-order valence-corrected chi connectivity index (χ0v) is 17.5. The molecule has 1 saturated heterocycles. The largest absolute Gasteiger partial charge is 0.489 e. The summed E-state index contributed by atoms with van der Waals surface area (Å²) < 4.78 is 32.5. The summed E-state index contributed by atoms with van der Waals surface area (Å²) in [5.74, 6) is 0.570. The molecule has 0 aromatic heterocycles. The lowest BCUT2D eigenvalue weighted by molar-refractivity contribution is -0.126. The lowest BCUT2D eigenvalue weighted by Crippen LogP contribution is -2.44. The smallest absolute Gasteiger partial charge is 0.223 e. The van der Waals surface area contributed by atoms with Crippen molar-refractivity contribution in [3.05, 3.63) is 66.2 Å². The number of benzene rings is 2. The molecule has 1 atom stereocenters. The predicted octanol–water partition coefficient (Wildman–Crippen LogP) is 2.81. The summed E-state index contributed by atoms with van der Waals surface area (Å²) in [6.45, 7) is 3.08. The highest BCUT2D eigenvalue weighted by Crippen LogP contribution is 2.22. The van der Waals surface area contributed by atoms with E-state index in [2.05, 4.69) is 5.32 Å². The number of carbonyl (C=O) groups is 1. The summed E-state index contributed by atoms with van der Waals surface area (Å²) in [7, 11) is -3.36. The maximum Gasteiger partial charge on any atom is 0.223 e. The standard InChI is InChI=1S/C22H28N2O4S/c1-18(28-21-10-6-3-7-11-21)16-23-22(25)20-12-14-24(15-13-20)29(26,27)17-19-8-4-2-5-9-19/h2-11,18,20H,12-17H2,1H3,(H,23,25). The van der Waals surface area contributed by atoms with Crippen molar-refractivity contribution in [2.45, 2.75) is 31.6 Å². The molecule has 1 unspecified atom stereocenters. The Morgan fingerprint density at radius 1 is 1.07 bits per heavy atom. The molecule has 1 N–H and O–H groups in total. The Morgan fingerprint density at radius 3 is 2.28 bits per heavy atom. The number of amides is 1. The van der Waals surface area contributed by atoms with Gasteiger partial charge in [-0.1, -0.05) is 48.5 Å². The van der Waals surface area contributed by atoms with Crippen LogP contribution in [0.1, 0.15) is 25.3 Å². The van der Waals surface area contributed by atoms with Crippen molar-refractivity contribution in [2.75, 3.05) is 19.6 Å². The van der Waals surface area contributed by atoms with Gasteiger partial charge >= 0.3 is 0 Å². The van der Waals surface area contributed by atoms with Crippen molar-refractivity contribution in [1.29, 1.82) is 0 Å². The molecule has 0 saturated carbocycles. The fraction of sp³-hybridized carbons (Fsp3) is 0.409. The number of nitrogens with zero attached hydrogens (tertiary/aromatic N) is 1. The number of para-hydroxylation sites is 1. The van der Waals surface area contributed by atoms with Crippen molar-refractivity contribution >= 4 is 15.9 Å². The lowest BCUT2D eigenvalue weighted by Gasteiger charge is -2.30. The molecule has 0 spiro atoms. The van der Waals surface area contributed by atoms with Gasteiger partial charge < -0.3 is 10.1 Å². The molecule has 0 radical (unpaired) electrons. The van der Waals surface area contributed by atoms with E-state index in [0.717, 1.165) is 11.3 Å². The van der Waals surface area contributed by atoms with E-state index >= 15 is 0 Å². The first-order valence-electron chi connectivity index (χ1n) is 9.95. The van der Waals surface area contributed by atoms with E-state index < -0.39 is 10.0 Å². The van der Waals surface area contributed by atoms with Gasteiger partial charge in [0.05, 0.1) is 12.3 Å². The van der Waals surface area contributed by atoms with E-state index in [0.29, 0.717) is 32.5 Å². The Kier molecular flexibility index (Phi) is 7.28. The summed E-state index contributed by atoms with van der Waals surface area (Å²) in [6, 6.07) is 18.7. The molecular weight excluding hydrogens is 388 g/mol. The first-order valence-corrected chi connectivity index (χ1v) is 11.6. The van der Waals surface area contributed by atoms with Crippen LogP contribution in [0.4, 0.5) is 0 Å². The molecule has 2 aromatic carbocycles. The van der Waals surface area contributed by atoms with Crippen LogP contribution in [0.15, 0.2) is 60.7 Å². The minimum absolute atomic E-state index is 0.000950. The van der Waals surface area contributed by atoms with E-state index in [1.54, 1.807) is 0 Å². The van der Waals surface area contributed by atoms with Crippen LogP contribution in [0.2, 0.25) is 0 Å². The van der Waals surface area contributed by atoms with Gasteiger partial charge in [0.1, 0.15) is 11.9 Å². The van der Waals surface area contributed by atoms with Crippen LogP contribution in [-0.4, -0.2) is 44.4 Å². The van der Waals surface area contributed by atoms with Crippen LogP contribution in [0.5, 0.6) is 5.75 Å². The monoisotopic (exact) mass is 416 g/mol. The van der Waals surface area contributed by atoms with Crippen LogP contribution in [-0.2, 0) is 20.6 Å². The summed E-state index contributed by atoms with van der Waals surface area (Å²) in [5, 5.41) is 2.93. The second-order valence-electron chi connectivity index (χ2n) is 7.40. The topological polar surface area (TPSA) is 75.7 Å². The van der Waals surface area contributed by atoms with Gasteiger partial charge in [0.2, 0.25) is 15.9 Å². The highest BCUT2D eigenvalue weighted by atomic mass is 32.2. The van der Waals surface area contributed by atoms with Crippen molar-refractivity contribution in [3.8, 4) is 5.75 Å². The second-order valence-corrected chi connectivity index (χ2v) is 9.37. The normalized spacial score (nSPS) is 16.9. The number of sulfonamides is 1. The van der Waals surface area contributed by atoms with E-state index in [-0.39, 0.29) is 23.7 Å². The van der Waals surface area contributed by atoms with Gasteiger partial charge in [0.25, 0.3) is 0 Å². The third-order valence-electron chi connectivity index (χ3n) is 5.05. The van der Waals surface area contributed by atoms with Crippen molar-refractivity contribution in [1.82, 2.24) is 9.62 Å². The Morgan fingerprint density at radius 2 is 1.66 bits per heavy atom. The van der Waals surface area contributed by atoms with Crippen LogP contribution in [0, 0.1) is 5.92 Å². The van der Waals surface area contributed by atoms with Crippen LogP contribution < -0.4 is 10.1 Å². The molecule has 1 fully saturated rings. The van der Waals surface area contributed by atoms with Gasteiger partial charge in [-0.15, -0.1) is 0 Å². The molecule has 0 bridgehead atoms. The third kappa shape index (κ3) is 6.30. The molecule has 1 heterocycles. The highest BCUT2D eigenvalue weighted by molar-refractivity contribution is 7.88. The molecule has 1 aliphatic heterocycles. The van der Waals surface area contributed by atoms with E-state index in [1.165, 1.54) is 4.31 Å². The molecule has 156 valence electrons. The van der Waals surface area contributed by atoms with Gasteiger partial charge in [-0.05, 0) is 37.5 Å². The number of piperidine rings is 1. The molecule has 29 heavy (non-hydrogen) atoms. The summed E-state index contributed by atoms with van der Waals surface area (Å²) in [4.78, 5) is 12.5. The number of hydrogen-bond donors (Lipinski definition) is 1. The minimum Gasteiger partial charge on any atom is -0.489 e. The van der Waals surface area contributed by atoms with Gasteiger partial charge in [-0.2, -0.15) is 0 Å². The van der Waals surface area contributed by atoms with Gasteiger partial charge in [-0.25, -0.2) is 12.7 Å². The third-order valence-corrected chi connectivity index (χ3v) is 6.90. The van der Waals surface area contributed by atoms with Crippen molar-refractivity contribution in [2.24, 2.45) is 5.92 Å². The van der Waals surface area contributed by atoms with Gasteiger partial charge in [0.15, 0.2) is 0 Å². The first kappa shape index (κ1) is 21.3. The predicted molar refractivity (Wildman–Crippen MR) is 113 cm³/mol. The fourth-order valence-corrected chi connectivity index (χ4v) is 5.00. The van der Waals surface area contributed by atoms with E-state index in [9.17, 15) is 13.2 Å². The molecule has 0 aliphatic carbocycles. The average molecular weight is 417 g/mol. The fourth-order valence-electron chi connectivity index (χ4n) is 3.43. The molecule has 6 nitrogen and oxygen atoms in total. The first-order chi connectivity index (χ1) is 13.9. The Balaban J connectivity index is 1.43. The maximum absolute atomic E-state index is 12.6. The Labute approximate surface area is 172 Å². The summed E-state index contributed by atoms with van der Waals surface area (Å²) in [5.41, 5.74) is 0.778. The lowest BCUT2D eigenvalue weighted by atomic mass is 9.97. The number of ether oxygens (including phenoxy) is 1. The molecule has 7 heteroatoms. The maximum atomic E-state index is 12.6. The quantitative estimate of drug-likeness (QED) is 0.718. The molecule has 1 aliphatic rings. The van der Waals surface area contributed by atoms with Gasteiger partial charge in [-0.3, -0.25) is 4.79 Å². The molecule has 3 rings (SSSR count). The summed E-state index contributed by atoms with van der Waals surface area (Å²) >= 11 is 0. The van der Waals surface area contributed by atoms with Crippen molar-refractivity contribution < 1.29 is 17.9 Å². The van der Waals surface area contributed by atoms with E-state index in [1.807, 2.05) is 67.6 Å². The SMILES string of the molecule is CC(CNC(=O)C1CCN(S(=O)(=O)Cc2ccccc2)CC1)Oc1ccccc1. The Bertz CT molecular complexity index is 880. The zero-order chi connectivity index (χ0) is 20.7. The number of nitrogens with one attached hydrogen (secondary N) is 1. The Hall–Kier alpha value is -2.38. The van der Waals surface area contributed by atoms with E-state index in [4.69, 9.17) is 4.74 Å². The van der Waals surface area contributed by atoms with Crippen LogP contribution >= 0.6 is 0 Å². The molecule has 2 aromatic rings. The number of carbonyl (C=O) groups excluding carboxylic acids is 1. The minimum atomic E-state index is -3.36. The average Bonchev–Trinajstić information content (AvgIpc) is 2.73. The number of rotatable bonds is 8. The molecular formula is C22H28N2O4S. The van der Waals surface area contributed by atoms with Crippen LogP contribution in [0.25, 0.3) is 0 Å². The number of hydrogen-bond acceptors (Lipinski definition) is 4. The zero-order valence-electron chi connectivity index (χ0n) is 16.7. The van der Waals surface area contributed by atoms with Crippen molar-refractivity contribution in [3.63, 3.8) is 0 Å². The van der Waals surface area contributed by atoms with Crippen LogP contribution in [0.3, 0.4) is 0 Å². The molecule has 1 amide bonds. The second kappa shape index (κ2) is 9.89.